The van der Waals surface area contributed by atoms with Crippen molar-refractivity contribution in [2.75, 3.05) is 0 Å². The second-order valence-electron chi connectivity index (χ2n) is 14.5. The lowest BCUT2D eigenvalue weighted by molar-refractivity contribution is 0.669. The maximum absolute atomic E-state index is 6.19. The number of furan rings is 1. The van der Waals surface area contributed by atoms with Crippen molar-refractivity contribution in [1.29, 1.82) is 0 Å². The van der Waals surface area contributed by atoms with Crippen LogP contribution in [0.3, 0.4) is 0 Å². The van der Waals surface area contributed by atoms with E-state index in [9.17, 15) is 0 Å². The van der Waals surface area contributed by atoms with E-state index in [2.05, 4.69) is 176 Å². The van der Waals surface area contributed by atoms with Gasteiger partial charge in [0.05, 0.1) is 16.8 Å². The van der Waals surface area contributed by atoms with Crippen molar-refractivity contribution in [2.24, 2.45) is 0 Å². The Hall–Kier alpha value is -7.36. The molecule has 0 atom stereocenters. The summed E-state index contributed by atoms with van der Waals surface area (Å²) in [6, 6.07) is 73.3. The van der Waals surface area contributed by atoms with Gasteiger partial charge in [-0.15, -0.1) is 0 Å². The van der Waals surface area contributed by atoms with Crippen molar-refractivity contribution in [3.05, 3.63) is 229 Å². The van der Waals surface area contributed by atoms with E-state index < -0.39 is 5.41 Å². The molecule has 8 aromatic carbocycles. The molecule has 0 bridgehead atoms. The Balaban J connectivity index is 1.13. The number of benzene rings is 8. The van der Waals surface area contributed by atoms with Gasteiger partial charge in [-0.25, -0.2) is 9.97 Å². The molecule has 262 valence electrons. The summed E-state index contributed by atoms with van der Waals surface area (Å²) >= 11 is 0. The van der Waals surface area contributed by atoms with E-state index >= 15 is 0 Å². The maximum Gasteiger partial charge on any atom is 0.160 e. The zero-order valence-corrected chi connectivity index (χ0v) is 30.4. The molecule has 2 heterocycles. The molecular formula is C53H34N2O. The Bertz CT molecular complexity index is 3040. The molecule has 1 aliphatic rings. The zero-order valence-electron chi connectivity index (χ0n) is 30.4. The van der Waals surface area contributed by atoms with Crippen LogP contribution in [0.1, 0.15) is 22.3 Å². The summed E-state index contributed by atoms with van der Waals surface area (Å²) in [5.41, 5.74) is 15.7. The summed E-state index contributed by atoms with van der Waals surface area (Å²) < 4.78 is 6.19. The van der Waals surface area contributed by atoms with Crippen molar-refractivity contribution in [2.45, 2.75) is 5.41 Å². The quantitative estimate of drug-likeness (QED) is 0.172. The molecule has 11 rings (SSSR count). The molecule has 10 aromatic rings. The van der Waals surface area contributed by atoms with Gasteiger partial charge < -0.3 is 4.42 Å². The highest BCUT2D eigenvalue weighted by atomic mass is 16.3. The van der Waals surface area contributed by atoms with E-state index in [0.29, 0.717) is 5.82 Å². The fraction of sp³-hybridized carbons (Fsp3) is 0.0189. The van der Waals surface area contributed by atoms with E-state index in [0.717, 1.165) is 61.1 Å². The monoisotopic (exact) mass is 714 g/mol. The molecule has 0 saturated carbocycles. The van der Waals surface area contributed by atoms with Gasteiger partial charge in [-0.05, 0) is 74.8 Å². The molecule has 0 fully saturated rings. The lowest BCUT2D eigenvalue weighted by Crippen LogP contribution is -2.28. The first-order chi connectivity index (χ1) is 27.8. The van der Waals surface area contributed by atoms with Crippen LogP contribution in [0, 0.1) is 0 Å². The fourth-order valence-corrected chi connectivity index (χ4v) is 8.90. The van der Waals surface area contributed by atoms with E-state index in [1.54, 1.807) is 0 Å². The Morgan fingerprint density at radius 3 is 1.68 bits per heavy atom. The Morgan fingerprint density at radius 2 is 0.911 bits per heavy atom. The highest BCUT2D eigenvalue weighted by Gasteiger charge is 2.46. The third-order valence-electron chi connectivity index (χ3n) is 11.4. The van der Waals surface area contributed by atoms with Crippen LogP contribution >= 0.6 is 0 Å². The Morgan fingerprint density at radius 1 is 0.339 bits per heavy atom. The van der Waals surface area contributed by atoms with Crippen molar-refractivity contribution >= 4 is 21.9 Å². The smallest absolute Gasteiger partial charge is 0.160 e. The molecule has 3 nitrogen and oxygen atoms in total. The van der Waals surface area contributed by atoms with Crippen LogP contribution in [-0.4, -0.2) is 9.97 Å². The third-order valence-corrected chi connectivity index (χ3v) is 11.4. The molecule has 1 aliphatic carbocycles. The largest absolute Gasteiger partial charge is 0.456 e. The molecule has 0 N–H and O–H groups in total. The van der Waals surface area contributed by atoms with E-state index in [1.807, 2.05) is 30.3 Å². The second-order valence-corrected chi connectivity index (χ2v) is 14.5. The number of rotatable bonds is 6. The number of aromatic nitrogens is 2. The molecular weight excluding hydrogens is 681 g/mol. The van der Waals surface area contributed by atoms with Crippen molar-refractivity contribution in [3.63, 3.8) is 0 Å². The number of nitrogens with zero attached hydrogens (tertiary/aromatic N) is 2. The van der Waals surface area contributed by atoms with Crippen molar-refractivity contribution in [1.82, 2.24) is 9.97 Å². The van der Waals surface area contributed by atoms with Gasteiger partial charge in [0, 0.05) is 27.5 Å². The van der Waals surface area contributed by atoms with Gasteiger partial charge in [0.15, 0.2) is 5.82 Å². The number of fused-ring (bicyclic) bond motifs is 6. The minimum absolute atomic E-state index is 0.509. The predicted octanol–water partition coefficient (Wildman–Crippen LogP) is 13.4. The summed E-state index contributed by atoms with van der Waals surface area (Å²) in [5.74, 6) is 0.686. The van der Waals surface area contributed by atoms with E-state index in [-0.39, 0.29) is 0 Å². The summed E-state index contributed by atoms with van der Waals surface area (Å²) in [5, 5.41) is 2.21. The minimum atomic E-state index is -0.509. The molecule has 0 spiro atoms. The first-order valence-electron chi connectivity index (χ1n) is 19.1. The van der Waals surface area contributed by atoms with E-state index in [1.165, 1.54) is 33.4 Å². The van der Waals surface area contributed by atoms with Crippen LogP contribution in [0.15, 0.2) is 211 Å². The second kappa shape index (κ2) is 12.9. The van der Waals surface area contributed by atoms with Crippen LogP contribution < -0.4 is 0 Å². The van der Waals surface area contributed by atoms with E-state index in [4.69, 9.17) is 14.4 Å². The average Bonchev–Trinajstić information content (AvgIpc) is 3.80. The molecule has 3 heteroatoms. The summed E-state index contributed by atoms with van der Waals surface area (Å²) in [6.45, 7) is 0. The third kappa shape index (κ3) is 4.98. The topological polar surface area (TPSA) is 38.9 Å². The van der Waals surface area contributed by atoms with Gasteiger partial charge in [-0.3, -0.25) is 0 Å². The average molecular weight is 715 g/mol. The minimum Gasteiger partial charge on any atom is -0.456 e. The lowest BCUT2D eigenvalue weighted by Gasteiger charge is -2.34. The lowest BCUT2D eigenvalue weighted by atomic mass is 9.67. The Labute approximate surface area is 325 Å². The molecule has 0 aliphatic heterocycles. The van der Waals surface area contributed by atoms with Crippen molar-refractivity contribution in [3.8, 4) is 56.2 Å². The van der Waals surface area contributed by atoms with Crippen LogP contribution in [-0.2, 0) is 5.41 Å². The van der Waals surface area contributed by atoms with Gasteiger partial charge in [0.1, 0.15) is 11.2 Å². The zero-order chi connectivity index (χ0) is 37.1. The SMILES string of the molecule is c1ccc(-c2nc(-c3ccc4c(c3)C(c3ccccc3)(c3ccccc3)c3ccccc3-4)cc(-c3ccccc3-c3ccc4oc5ccccc5c4c3)n2)cc1. The molecule has 0 amide bonds. The standard InChI is InChI=1S/C53H34N2O/c1-4-16-35(17-5-1)52-54-48(34-49(55-52)43-24-11-10-22-40(43)36-29-31-51-45(32-36)44-25-13-15-27-50(44)56-51)37-28-30-42-41-23-12-14-26-46(41)53(47(42)33-37,38-18-6-2-7-19-38)39-20-8-3-9-21-39/h1-34H. The van der Waals surface area contributed by atoms with Gasteiger partial charge in [0.25, 0.3) is 0 Å². The molecule has 0 radical (unpaired) electrons. The number of hydrogen-bond acceptors (Lipinski definition) is 3. The number of hydrogen-bond donors (Lipinski definition) is 0. The van der Waals surface area contributed by atoms with Crippen molar-refractivity contribution < 1.29 is 4.42 Å². The molecule has 0 unspecified atom stereocenters. The normalized spacial score (nSPS) is 12.8. The molecule has 56 heavy (non-hydrogen) atoms. The number of para-hydroxylation sites is 1. The first-order valence-corrected chi connectivity index (χ1v) is 19.1. The van der Waals surface area contributed by atoms with Gasteiger partial charge in [-0.2, -0.15) is 0 Å². The fourth-order valence-electron chi connectivity index (χ4n) is 8.90. The molecule has 0 saturated heterocycles. The van der Waals surface area contributed by atoms with Gasteiger partial charge in [-0.1, -0.05) is 176 Å². The molecule has 2 aromatic heterocycles. The van der Waals surface area contributed by atoms with Crippen LogP contribution in [0.25, 0.3) is 78.1 Å². The highest BCUT2D eigenvalue weighted by molar-refractivity contribution is 6.06. The summed E-state index contributed by atoms with van der Waals surface area (Å²) in [7, 11) is 0. The summed E-state index contributed by atoms with van der Waals surface area (Å²) in [4.78, 5) is 10.6. The first kappa shape index (κ1) is 32.1. The highest BCUT2D eigenvalue weighted by Crippen LogP contribution is 2.56. The summed E-state index contributed by atoms with van der Waals surface area (Å²) in [6.07, 6.45) is 0. The Kier molecular flexibility index (Phi) is 7.39. The van der Waals surface area contributed by atoms with Gasteiger partial charge >= 0.3 is 0 Å². The maximum atomic E-state index is 6.19. The van der Waals surface area contributed by atoms with Crippen LogP contribution in [0.5, 0.6) is 0 Å². The van der Waals surface area contributed by atoms with Crippen LogP contribution in [0.2, 0.25) is 0 Å². The van der Waals surface area contributed by atoms with Gasteiger partial charge in [0.2, 0.25) is 0 Å². The van der Waals surface area contributed by atoms with Crippen LogP contribution in [0.4, 0.5) is 0 Å². The predicted molar refractivity (Wildman–Crippen MR) is 228 cm³/mol.